The lowest BCUT2D eigenvalue weighted by Crippen LogP contribution is -2.29. The number of rotatable bonds is 4. The van der Waals surface area contributed by atoms with E-state index in [0.717, 1.165) is 26.1 Å². The van der Waals surface area contributed by atoms with Crippen LogP contribution in [0.4, 0.5) is 0 Å². The Labute approximate surface area is 55.5 Å². The second-order valence-corrected chi connectivity index (χ2v) is 2.04. The van der Waals surface area contributed by atoms with Crippen LogP contribution in [0.1, 0.15) is 12.8 Å². The summed E-state index contributed by atoms with van der Waals surface area (Å²) >= 11 is 0. The smallest absolute Gasteiger partial charge is 0.159 e. The van der Waals surface area contributed by atoms with Crippen LogP contribution in [-0.2, 0) is 9.47 Å². The van der Waals surface area contributed by atoms with Gasteiger partial charge >= 0.3 is 0 Å². The van der Waals surface area contributed by atoms with Gasteiger partial charge in [0.05, 0.1) is 13.2 Å². The molecule has 0 N–H and O–H groups in total. The van der Waals surface area contributed by atoms with E-state index in [-0.39, 0.29) is 6.29 Å². The summed E-state index contributed by atoms with van der Waals surface area (Å²) in [4.78, 5) is 0. The second-order valence-electron chi connectivity index (χ2n) is 2.04. The maximum atomic E-state index is 5.22. The van der Waals surface area contributed by atoms with Gasteiger partial charge in [-0.05, 0) is 6.42 Å². The molecule has 0 saturated carbocycles. The minimum absolute atomic E-state index is 0.0879. The summed E-state index contributed by atoms with van der Waals surface area (Å²) in [6.07, 6.45) is 3.90. The summed E-state index contributed by atoms with van der Waals surface area (Å²) < 4.78 is 10.2. The summed E-state index contributed by atoms with van der Waals surface area (Å²) in [5, 5.41) is 0. The molecule has 1 heterocycles. The molecule has 1 saturated heterocycles. The van der Waals surface area contributed by atoms with Crippen molar-refractivity contribution in [2.45, 2.75) is 19.1 Å². The van der Waals surface area contributed by atoms with Crippen molar-refractivity contribution in [3.63, 3.8) is 0 Å². The topological polar surface area (TPSA) is 18.5 Å². The van der Waals surface area contributed by atoms with Gasteiger partial charge in [-0.15, -0.1) is 6.58 Å². The van der Waals surface area contributed by atoms with Crippen LogP contribution >= 0.6 is 0 Å². The van der Waals surface area contributed by atoms with Gasteiger partial charge in [-0.1, -0.05) is 6.08 Å². The molecule has 0 aromatic carbocycles. The molecule has 52 valence electrons. The van der Waals surface area contributed by atoms with Crippen LogP contribution in [0.5, 0.6) is 0 Å². The van der Waals surface area contributed by atoms with E-state index in [1.54, 1.807) is 0 Å². The third kappa shape index (κ3) is 2.16. The van der Waals surface area contributed by atoms with Crippen LogP contribution in [0.25, 0.3) is 0 Å². The van der Waals surface area contributed by atoms with Gasteiger partial charge in [0, 0.05) is 6.42 Å². The maximum Gasteiger partial charge on any atom is 0.159 e. The zero-order valence-electron chi connectivity index (χ0n) is 5.51. The van der Waals surface area contributed by atoms with Crippen molar-refractivity contribution in [3.8, 4) is 0 Å². The van der Waals surface area contributed by atoms with Crippen LogP contribution in [0.15, 0.2) is 12.7 Å². The summed E-state index contributed by atoms with van der Waals surface area (Å²) in [7, 11) is 0. The summed E-state index contributed by atoms with van der Waals surface area (Å²) in [5.41, 5.74) is 0. The van der Waals surface area contributed by atoms with Crippen molar-refractivity contribution in [1.29, 1.82) is 0 Å². The minimum atomic E-state index is 0.0879. The van der Waals surface area contributed by atoms with Crippen molar-refractivity contribution >= 4 is 0 Å². The van der Waals surface area contributed by atoms with E-state index in [1.165, 1.54) is 0 Å². The molecule has 1 aliphatic rings. The molecule has 1 unspecified atom stereocenters. The van der Waals surface area contributed by atoms with Crippen LogP contribution in [0.2, 0.25) is 0 Å². The molecule has 1 aliphatic heterocycles. The van der Waals surface area contributed by atoms with Crippen LogP contribution < -0.4 is 0 Å². The SMILES string of the molecule is C=CCCOC1CCO1. The molecule has 1 rings (SSSR count). The standard InChI is InChI=1S/C7H12O2/c1-2-3-5-8-7-4-6-9-7/h2,7H,1,3-6H2. The average Bonchev–Trinajstić information content (AvgIpc) is 1.76. The molecule has 0 aromatic rings. The first-order valence-corrected chi connectivity index (χ1v) is 3.27. The Morgan fingerprint density at radius 2 is 2.56 bits per heavy atom. The first-order valence-electron chi connectivity index (χ1n) is 3.27. The fourth-order valence-electron chi connectivity index (χ4n) is 0.628. The third-order valence-corrected chi connectivity index (χ3v) is 1.28. The molecule has 0 amide bonds. The van der Waals surface area contributed by atoms with Crippen LogP contribution in [0.3, 0.4) is 0 Å². The number of hydrogen-bond acceptors (Lipinski definition) is 2. The highest BCUT2D eigenvalue weighted by molar-refractivity contribution is 4.65. The fraction of sp³-hybridized carbons (Fsp3) is 0.714. The molecule has 9 heavy (non-hydrogen) atoms. The largest absolute Gasteiger partial charge is 0.352 e. The molecule has 1 fully saturated rings. The molecule has 0 bridgehead atoms. The van der Waals surface area contributed by atoms with Gasteiger partial charge in [0.25, 0.3) is 0 Å². The van der Waals surface area contributed by atoms with Crippen molar-refractivity contribution in [3.05, 3.63) is 12.7 Å². The Morgan fingerprint density at radius 3 is 3.00 bits per heavy atom. The highest BCUT2D eigenvalue weighted by Crippen LogP contribution is 2.11. The van der Waals surface area contributed by atoms with Crippen LogP contribution in [0, 0.1) is 0 Å². The molecular formula is C7H12O2. The first kappa shape index (κ1) is 6.78. The Hall–Kier alpha value is -0.340. The number of hydrogen-bond donors (Lipinski definition) is 0. The molecular weight excluding hydrogens is 116 g/mol. The normalized spacial score (nSPS) is 25.1. The molecule has 0 aliphatic carbocycles. The third-order valence-electron chi connectivity index (χ3n) is 1.28. The summed E-state index contributed by atoms with van der Waals surface area (Å²) in [6, 6.07) is 0. The van der Waals surface area contributed by atoms with E-state index < -0.39 is 0 Å². The lowest BCUT2D eigenvalue weighted by Gasteiger charge is -2.25. The Morgan fingerprint density at radius 1 is 1.78 bits per heavy atom. The lowest BCUT2D eigenvalue weighted by atomic mass is 10.3. The molecule has 2 heteroatoms. The quantitative estimate of drug-likeness (QED) is 0.420. The predicted octanol–water partition coefficient (Wildman–Crippen LogP) is 1.33. The van der Waals surface area contributed by atoms with Crippen molar-refractivity contribution in [2.75, 3.05) is 13.2 Å². The van der Waals surface area contributed by atoms with Gasteiger partial charge in [-0.2, -0.15) is 0 Å². The van der Waals surface area contributed by atoms with E-state index in [9.17, 15) is 0 Å². The van der Waals surface area contributed by atoms with Gasteiger partial charge in [0.2, 0.25) is 0 Å². The van der Waals surface area contributed by atoms with Gasteiger partial charge in [-0.3, -0.25) is 0 Å². The summed E-state index contributed by atoms with van der Waals surface area (Å²) in [5.74, 6) is 0. The molecule has 0 aromatic heterocycles. The Balaban J connectivity index is 1.85. The van der Waals surface area contributed by atoms with E-state index in [4.69, 9.17) is 9.47 Å². The van der Waals surface area contributed by atoms with Gasteiger partial charge < -0.3 is 9.47 Å². The molecule has 2 nitrogen and oxygen atoms in total. The predicted molar refractivity (Wildman–Crippen MR) is 35.1 cm³/mol. The van der Waals surface area contributed by atoms with Crippen molar-refractivity contribution in [2.24, 2.45) is 0 Å². The second kappa shape index (κ2) is 3.64. The van der Waals surface area contributed by atoms with E-state index in [2.05, 4.69) is 6.58 Å². The average molecular weight is 128 g/mol. The van der Waals surface area contributed by atoms with Gasteiger partial charge in [0.1, 0.15) is 0 Å². The monoisotopic (exact) mass is 128 g/mol. The van der Waals surface area contributed by atoms with E-state index in [1.807, 2.05) is 6.08 Å². The van der Waals surface area contributed by atoms with E-state index >= 15 is 0 Å². The molecule has 0 spiro atoms. The molecule has 0 radical (unpaired) electrons. The van der Waals surface area contributed by atoms with Gasteiger partial charge in [-0.25, -0.2) is 0 Å². The number of ether oxygens (including phenoxy) is 2. The highest BCUT2D eigenvalue weighted by Gasteiger charge is 2.17. The minimum Gasteiger partial charge on any atom is -0.352 e. The highest BCUT2D eigenvalue weighted by atomic mass is 16.7. The zero-order chi connectivity index (χ0) is 6.53. The Bertz CT molecular complexity index is 86.9. The van der Waals surface area contributed by atoms with Gasteiger partial charge in [0.15, 0.2) is 6.29 Å². The maximum absolute atomic E-state index is 5.22. The Kier molecular flexibility index (Phi) is 2.74. The summed E-state index contributed by atoms with van der Waals surface area (Å²) in [6.45, 7) is 5.18. The van der Waals surface area contributed by atoms with Crippen molar-refractivity contribution in [1.82, 2.24) is 0 Å². The van der Waals surface area contributed by atoms with Crippen molar-refractivity contribution < 1.29 is 9.47 Å². The van der Waals surface area contributed by atoms with Crippen LogP contribution in [-0.4, -0.2) is 19.5 Å². The zero-order valence-corrected chi connectivity index (χ0v) is 5.51. The first-order chi connectivity index (χ1) is 4.43. The molecule has 1 atom stereocenters. The van der Waals surface area contributed by atoms with E-state index in [0.29, 0.717) is 0 Å². The lowest BCUT2D eigenvalue weighted by molar-refractivity contribution is -0.213. The fourth-order valence-corrected chi connectivity index (χ4v) is 0.628.